The first-order chi connectivity index (χ1) is 16.4. The SMILES string of the molecule is COc1ccc2ncc(Cl)c([C@H](O)CCC3(CC(=O)O)CCN(CCC4CCCC4)CC3)c2c1. The van der Waals surface area contributed by atoms with Crippen LogP contribution in [-0.2, 0) is 4.79 Å². The first-order valence-corrected chi connectivity index (χ1v) is 13.0. The van der Waals surface area contributed by atoms with Gasteiger partial charge in [0, 0.05) is 17.1 Å². The van der Waals surface area contributed by atoms with Crippen molar-refractivity contribution in [2.24, 2.45) is 11.3 Å². The average Bonchev–Trinajstić information content (AvgIpc) is 3.35. The predicted molar refractivity (Wildman–Crippen MR) is 134 cm³/mol. The Balaban J connectivity index is 1.42. The molecule has 0 radical (unpaired) electrons. The van der Waals surface area contributed by atoms with E-state index in [1.54, 1.807) is 13.3 Å². The van der Waals surface area contributed by atoms with E-state index in [4.69, 9.17) is 16.3 Å². The van der Waals surface area contributed by atoms with Gasteiger partial charge in [-0.1, -0.05) is 37.3 Å². The Labute approximate surface area is 207 Å². The molecule has 0 spiro atoms. The molecule has 2 aromatic rings. The van der Waals surface area contributed by atoms with Crippen LogP contribution >= 0.6 is 11.6 Å². The number of aromatic nitrogens is 1. The molecule has 1 saturated carbocycles. The molecule has 4 rings (SSSR count). The lowest BCUT2D eigenvalue weighted by Gasteiger charge is -2.42. The highest BCUT2D eigenvalue weighted by atomic mass is 35.5. The maximum atomic E-state index is 11.7. The summed E-state index contributed by atoms with van der Waals surface area (Å²) in [5.74, 6) is 0.794. The summed E-state index contributed by atoms with van der Waals surface area (Å²) in [5.41, 5.74) is 1.10. The van der Waals surface area contributed by atoms with Gasteiger partial charge in [0.05, 0.1) is 30.2 Å². The zero-order valence-electron chi connectivity index (χ0n) is 20.1. The number of piperidine rings is 1. The minimum absolute atomic E-state index is 0.148. The number of methoxy groups -OCH3 is 1. The molecule has 1 aliphatic carbocycles. The number of fused-ring (bicyclic) bond motifs is 1. The van der Waals surface area contributed by atoms with E-state index >= 15 is 0 Å². The summed E-state index contributed by atoms with van der Waals surface area (Å²) in [4.78, 5) is 18.6. The van der Waals surface area contributed by atoms with Gasteiger partial charge >= 0.3 is 5.97 Å². The number of ether oxygens (including phenoxy) is 1. The number of nitrogens with zero attached hydrogens (tertiary/aromatic N) is 2. The zero-order chi connectivity index (χ0) is 24.1. The number of aliphatic hydroxyl groups excluding tert-OH is 1. The number of carboxylic acids is 1. The van der Waals surface area contributed by atoms with Crippen molar-refractivity contribution in [3.63, 3.8) is 0 Å². The number of rotatable bonds is 10. The molecule has 1 aliphatic heterocycles. The number of halogens is 1. The molecule has 2 aliphatic rings. The van der Waals surface area contributed by atoms with E-state index in [2.05, 4.69) is 9.88 Å². The van der Waals surface area contributed by atoms with Crippen molar-refractivity contribution in [3.05, 3.63) is 35.0 Å². The largest absolute Gasteiger partial charge is 0.497 e. The third-order valence-electron chi connectivity index (χ3n) is 8.12. The van der Waals surface area contributed by atoms with Crippen molar-refractivity contribution in [3.8, 4) is 5.75 Å². The minimum Gasteiger partial charge on any atom is -0.497 e. The Kier molecular flexibility index (Phi) is 8.33. The molecule has 2 heterocycles. The van der Waals surface area contributed by atoms with Gasteiger partial charge in [0.25, 0.3) is 0 Å². The van der Waals surface area contributed by atoms with Crippen molar-refractivity contribution >= 4 is 28.5 Å². The summed E-state index contributed by atoms with van der Waals surface area (Å²) in [5, 5.41) is 22.0. The molecule has 2 fully saturated rings. The van der Waals surface area contributed by atoms with Crippen LogP contribution in [0, 0.1) is 11.3 Å². The molecule has 0 unspecified atom stereocenters. The number of hydrogen-bond donors (Lipinski definition) is 2. The summed E-state index contributed by atoms with van der Waals surface area (Å²) in [6, 6.07) is 5.54. The fourth-order valence-corrected chi connectivity index (χ4v) is 6.25. The molecule has 1 atom stereocenters. The monoisotopic (exact) mass is 488 g/mol. The molecule has 0 amide bonds. The second kappa shape index (κ2) is 11.2. The van der Waals surface area contributed by atoms with Crippen LogP contribution in [0.3, 0.4) is 0 Å². The van der Waals surface area contributed by atoms with Crippen LogP contribution in [0.4, 0.5) is 0 Å². The number of likely N-dealkylation sites (tertiary alicyclic amines) is 1. The van der Waals surface area contributed by atoms with Crippen molar-refractivity contribution < 1.29 is 19.7 Å². The Morgan fingerprint density at radius 2 is 2.03 bits per heavy atom. The Morgan fingerprint density at radius 3 is 2.71 bits per heavy atom. The van der Waals surface area contributed by atoms with Gasteiger partial charge in [0.15, 0.2) is 0 Å². The number of carboxylic acid groups (broad SMARTS) is 1. The highest BCUT2D eigenvalue weighted by Crippen LogP contribution is 2.43. The Bertz CT molecular complexity index is 984. The fourth-order valence-electron chi connectivity index (χ4n) is 5.97. The van der Waals surface area contributed by atoms with E-state index in [9.17, 15) is 15.0 Å². The number of hydrogen-bond acceptors (Lipinski definition) is 5. The molecular formula is C27H37ClN2O4. The van der Waals surface area contributed by atoms with Crippen molar-refractivity contribution in [2.75, 3.05) is 26.7 Å². The van der Waals surface area contributed by atoms with Crippen LogP contribution in [0.25, 0.3) is 10.9 Å². The lowest BCUT2D eigenvalue weighted by molar-refractivity contribution is -0.141. The lowest BCUT2D eigenvalue weighted by atomic mass is 9.71. The Morgan fingerprint density at radius 1 is 1.29 bits per heavy atom. The van der Waals surface area contributed by atoms with Gasteiger partial charge in [-0.2, -0.15) is 0 Å². The van der Waals surface area contributed by atoms with Crippen LogP contribution in [0.5, 0.6) is 5.75 Å². The van der Waals surface area contributed by atoms with Crippen LogP contribution in [0.1, 0.15) is 75.9 Å². The standard InChI is InChI=1S/C27H37ClN2O4/c1-34-20-6-7-23-21(16-20)26(22(28)18-29-23)24(31)8-10-27(17-25(32)33)11-14-30(15-12-27)13-9-19-4-2-3-5-19/h6-7,16,18-19,24,31H,2-5,8-15,17H2,1H3,(H,32,33)/t24-/m1/s1. The molecule has 1 aromatic carbocycles. The lowest BCUT2D eigenvalue weighted by Crippen LogP contribution is -2.42. The summed E-state index contributed by atoms with van der Waals surface area (Å²) >= 11 is 6.48. The molecule has 186 valence electrons. The number of aliphatic hydroxyl groups is 1. The maximum Gasteiger partial charge on any atom is 0.303 e. The summed E-state index contributed by atoms with van der Waals surface area (Å²) in [6.45, 7) is 3.00. The highest BCUT2D eigenvalue weighted by molar-refractivity contribution is 6.32. The number of pyridine rings is 1. The highest BCUT2D eigenvalue weighted by Gasteiger charge is 2.37. The fraction of sp³-hybridized carbons (Fsp3) is 0.630. The topological polar surface area (TPSA) is 82.9 Å². The minimum atomic E-state index is -0.795. The maximum absolute atomic E-state index is 11.7. The third kappa shape index (κ3) is 6.02. The van der Waals surface area contributed by atoms with E-state index in [1.165, 1.54) is 32.1 Å². The van der Waals surface area contributed by atoms with E-state index in [0.717, 1.165) is 49.3 Å². The summed E-state index contributed by atoms with van der Waals surface area (Å²) < 4.78 is 5.35. The molecule has 1 saturated heterocycles. The molecule has 7 heteroatoms. The molecule has 34 heavy (non-hydrogen) atoms. The van der Waals surface area contributed by atoms with Crippen LogP contribution < -0.4 is 4.74 Å². The molecular weight excluding hydrogens is 452 g/mol. The smallest absolute Gasteiger partial charge is 0.303 e. The van der Waals surface area contributed by atoms with Crippen molar-refractivity contribution in [2.45, 2.75) is 70.3 Å². The van der Waals surface area contributed by atoms with Gasteiger partial charge in [0.2, 0.25) is 0 Å². The van der Waals surface area contributed by atoms with Crippen molar-refractivity contribution in [1.29, 1.82) is 0 Å². The molecule has 6 nitrogen and oxygen atoms in total. The third-order valence-corrected chi connectivity index (χ3v) is 8.42. The van der Waals surface area contributed by atoms with Gasteiger partial charge in [-0.05, 0) is 81.3 Å². The predicted octanol–water partition coefficient (Wildman–Crippen LogP) is 5.85. The molecule has 2 N–H and O–H groups in total. The first kappa shape index (κ1) is 25.2. The number of carbonyl (C=O) groups is 1. The summed E-state index contributed by atoms with van der Waals surface area (Å²) in [6.07, 6.45) is 10.5. The Hall–Kier alpha value is -1.89. The van der Waals surface area contributed by atoms with Crippen molar-refractivity contribution in [1.82, 2.24) is 9.88 Å². The second-order valence-corrected chi connectivity index (χ2v) is 10.7. The molecule has 1 aromatic heterocycles. The van der Waals surface area contributed by atoms with Gasteiger partial charge in [-0.3, -0.25) is 9.78 Å². The van der Waals surface area contributed by atoms with E-state index in [1.807, 2.05) is 18.2 Å². The summed E-state index contributed by atoms with van der Waals surface area (Å²) in [7, 11) is 1.60. The number of aliphatic carboxylic acids is 1. The first-order valence-electron chi connectivity index (χ1n) is 12.6. The van der Waals surface area contributed by atoms with Gasteiger partial charge < -0.3 is 19.8 Å². The van der Waals surface area contributed by atoms with Crippen LogP contribution in [0.15, 0.2) is 24.4 Å². The van der Waals surface area contributed by atoms with Crippen LogP contribution in [-0.4, -0.2) is 52.8 Å². The number of benzene rings is 1. The molecule has 0 bridgehead atoms. The quantitative estimate of drug-likeness (QED) is 0.436. The normalized spacial score (nSPS) is 20.0. The van der Waals surface area contributed by atoms with Gasteiger partial charge in [-0.15, -0.1) is 0 Å². The van der Waals surface area contributed by atoms with E-state index < -0.39 is 12.1 Å². The van der Waals surface area contributed by atoms with Gasteiger partial charge in [-0.25, -0.2) is 0 Å². The van der Waals surface area contributed by atoms with Crippen LogP contribution in [0.2, 0.25) is 5.02 Å². The zero-order valence-corrected chi connectivity index (χ0v) is 20.9. The van der Waals surface area contributed by atoms with Gasteiger partial charge in [0.1, 0.15) is 5.75 Å². The van der Waals surface area contributed by atoms with E-state index in [-0.39, 0.29) is 11.8 Å². The van der Waals surface area contributed by atoms with E-state index in [0.29, 0.717) is 29.2 Å². The average molecular weight is 489 g/mol. The second-order valence-electron chi connectivity index (χ2n) is 10.3.